The molecule has 104 valence electrons. The lowest BCUT2D eigenvalue weighted by atomic mass is 9.69. The van der Waals surface area contributed by atoms with E-state index in [9.17, 15) is 0 Å². The lowest BCUT2D eigenvalue weighted by Gasteiger charge is -2.46. The number of hydrogen-bond acceptors (Lipinski definition) is 1. The van der Waals surface area contributed by atoms with Crippen LogP contribution >= 0.6 is 11.6 Å². The topological polar surface area (TPSA) is 9.23 Å². The summed E-state index contributed by atoms with van der Waals surface area (Å²) >= 11 is 6.38. The van der Waals surface area contributed by atoms with Gasteiger partial charge in [-0.3, -0.25) is 0 Å². The molecule has 0 amide bonds. The molecule has 1 saturated heterocycles. The Hall–Kier alpha value is 0.250. The van der Waals surface area contributed by atoms with Crippen LogP contribution in [0.15, 0.2) is 0 Å². The summed E-state index contributed by atoms with van der Waals surface area (Å²) in [5.74, 6) is 1.79. The van der Waals surface area contributed by atoms with Crippen LogP contribution < -0.4 is 0 Å². The highest BCUT2D eigenvalue weighted by Gasteiger charge is 2.41. The Bertz CT molecular complexity index is 267. The molecule has 3 atom stereocenters. The van der Waals surface area contributed by atoms with E-state index in [4.69, 9.17) is 16.3 Å². The first kappa shape index (κ1) is 13.2. The van der Waals surface area contributed by atoms with Crippen LogP contribution in [0, 0.1) is 11.8 Å². The Morgan fingerprint density at radius 1 is 0.889 bits per heavy atom. The summed E-state index contributed by atoms with van der Waals surface area (Å²) in [6, 6.07) is 0. The third-order valence-corrected chi connectivity index (χ3v) is 6.01. The summed E-state index contributed by atoms with van der Waals surface area (Å²) in [4.78, 5) is 0. The normalized spacial score (nSPS) is 40.8. The second-order valence-electron chi connectivity index (χ2n) is 6.87. The maximum atomic E-state index is 6.38. The van der Waals surface area contributed by atoms with E-state index >= 15 is 0 Å². The molecule has 0 bridgehead atoms. The highest BCUT2D eigenvalue weighted by Crippen LogP contribution is 2.46. The highest BCUT2D eigenvalue weighted by molar-refractivity contribution is 6.20. The van der Waals surface area contributed by atoms with Crippen LogP contribution in [0.1, 0.15) is 70.6 Å². The Balaban J connectivity index is 1.62. The second-order valence-corrected chi connectivity index (χ2v) is 7.49. The van der Waals surface area contributed by atoms with Crippen molar-refractivity contribution in [2.75, 3.05) is 6.61 Å². The van der Waals surface area contributed by atoms with Crippen molar-refractivity contribution >= 4 is 11.6 Å². The van der Waals surface area contributed by atoms with Gasteiger partial charge in [0, 0.05) is 12.0 Å². The third-order valence-electron chi connectivity index (χ3n) is 5.61. The highest BCUT2D eigenvalue weighted by atomic mass is 35.5. The fourth-order valence-electron chi connectivity index (χ4n) is 4.61. The van der Waals surface area contributed by atoms with E-state index in [1.165, 1.54) is 70.6 Å². The fraction of sp³-hybridized carbons (Fsp3) is 1.00. The molecule has 2 aliphatic carbocycles. The molecule has 2 saturated carbocycles. The van der Waals surface area contributed by atoms with E-state index in [-0.39, 0.29) is 5.60 Å². The molecule has 3 rings (SSSR count). The Labute approximate surface area is 117 Å². The summed E-state index contributed by atoms with van der Waals surface area (Å²) in [5.41, 5.74) is 0.278. The van der Waals surface area contributed by atoms with Crippen LogP contribution in [0.4, 0.5) is 0 Å². The largest absolute Gasteiger partial charge is 0.375 e. The molecule has 1 aliphatic heterocycles. The minimum atomic E-state index is 0.278. The van der Waals surface area contributed by atoms with E-state index in [1.807, 2.05) is 0 Å². The smallest absolute Gasteiger partial charge is 0.0685 e. The number of halogens is 1. The minimum absolute atomic E-state index is 0.278. The van der Waals surface area contributed by atoms with Crippen molar-refractivity contribution in [3.63, 3.8) is 0 Å². The van der Waals surface area contributed by atoms with Crippen LogP contribution in [0.25, 0.3) is 0 Å². The molecule has 0 aromatic heterocycles. The average Bonchev–Trinajstić information content (AvgIpc) is 2.40. The molecule has 3 aliphatic rings. The van der Waals surface area contributed by atoms with Gasteiger partial charge in [-0.25, -0.2) is 0 Å². The van der Waals surface area contributed by atoms with Crippen molar-refractivity contribution in [1.29, 1.82) is 0 Å². The van der Waals surface area contributed by atoms with Crippen molar-refractivity contribution in [3.8, 4) is 0 Å². The predicted molar refractivity (Wildman–Crippen MR) is 76.1 cm³/mol. The molecule has 0 aromatic rings. The Morgan fingerprint density at radius 3 is 2.50 bits per heavy atom. The number of rotatable bonds is 1. The van der Waals surface area contributed by atoms with Gasteiger partial charge >= 0.3 is 0 Å². The maximum absolute atomic E-state index is 6.38. The molecule has 3 fully saturated rings. The van der Waals surface area contributed by atoms with Gasteiger partial charge in [0.2, 0.25) is 0 Å². The lowest BCUT2D eigenvalue weighted by Crippen LogP contribution is -2.43. The SMILES string of the molecule is ClC1CCCC(C2CCOC3(CCCCC3)C2)C1. The first-order valence-corrected chi connectivity index (χ1v) is 8.49. The Kier molecular flexibility index (Phi) is 4.20. The first-order chi connectivity index (χ1) is 8.77. The van der Waals surface area contributed by atoms with Gasteiger partial charge in [-0.05, 0) is 50.4 Å². The van der Waals surface area contributed by atoms with E-state index < -0.39 is 0 Å². The van der Waals surface area contributed by atoms with Gasteiger partial charge in [0.1, 0.15) is 0 Å². The average molecular weight is 271 g/mol. The van der Waals surface area contributed by atoms with E-state index in [0.717, 1.165) is 18.4 Å². The molecule has 0 aromatic carbocycles. The van der Waals surface area contributed by atoms with Gasteiger partial charge < -0.3 is 4.74 Å². The van der Waals surface area contributed by atoms with Gasteiger partial charge in [-0.15, -0.1) is 11.6 Å². The van der Waals surface area contributed by atoms with E-state index in [2.05, 4.69) is 0 Å². The van der Waals surface area contributed by atoms with Crippen LogP contribution in [-0.2, 0) is 4.74 Å². The summed E-state index contributed by atoms with van der Waals surface area (Å²) < 4.78 is 6.22. The summed E-state index contributed by atoms with van der Waals surface area (Å²) in [5, 5.41) is 0.453. The summed E-state index contributed by atoms with van der Waals surface area (Å²) in [7, 11) is 0. The monoisotopic (exact) mass is 270 g/mol. The van der Waals surface area contributed by atoms with Crippen molar-refractivity contribution < 1.29 is 4.74 Å². The third kappa shape index (κ3) is 2.88. The lowest BCUT2D eigenvalue weighted by molar-refractivity contribution is -0.126. The van der Waals surface area contributed by atoms with Gasteiger partial charge in [0.15, 0.2) is 0 Å². The van der Waals surface area contributed by atoms with Crippen LogP contribution in [0.3, 0.4) is 0 Å². The van der Waals surface area contributed by atoms with Crippen LogP contribution in [-0.4, -0.2) is 17.6 Å². The maximum Gasteiger partial charge on any atom is 0.0685 e. The number of ether oxygens (including phenoxy) is 1. The zero-order valence-corrected chi connectivity index (χ0v) is 12.3. The molecule has 3 unspecified atom stereocenters. The van der Waals surface area contributed by atoms with E-state index in [1.54, 1.807) is 0 Å². The molecule has 2 heteroatoms. The standard InChI is InChI=1S/C16H27ClO/c17-15-6-4-5-13(11-15)14-7-10-18-16(12-14)8-2-1-3-9-16/h13-15H,1-12H2. The van der Waals surface area contributed by atoms with Crippen LogP contribution in [0.2, 0.25) is 0 Å². The Morgan fingerprint density at radius 2 is 1.72 bits per heavy atom. The molecule has 18 heavy (non-hydrogen) atoms. The first-order valence-electron chi connectivity index (χ1n) is 8.05. The van der Waals surface area contributed by atoms with Gasteiger partial charge in [0.25, 0.3) is 0 Å². The molecule has 1 heterocycles. The molecule has 0 N–H and O–H groups in total. The molecular weight excluding hydrogens is 244 g/mol. The fourth-order valence-corrected chi connectivity index (χ4v) is 4.99. The minimum Gasteiger partial charge on any atom is -0.375 e. The summed E-state index contributed by atoms with van der Waals surface area (Å²) in [6.45, 7) is 1.01. The van der Waals surface area contributed by atoms with Crippen molar-refractivity contribution in [3.05, 3.63) is 0 Å². The zero-order valence-electron chi connectivity index (χ0n) is 11.5. The van der Waals surface area contributed by atoms with Gasteiger partial charge in [-0.1, -0.05) is 32.1 Å². The predicted octanol–water partition coefficient (Wildman–Crippen LogP) is 4.91. The molecule has 1 nitrogen and oxygen atoms in total. The molecule has 1 spiro atoms. The van der Waals surface area contributed by atoms with E-state index in [0.29, 0.717) is 5.38 Å². The van der Waals surface area contributed by atoms with Crippen molar-refractivity contribution in [2.45, 2.75) is 81.6 Å². The van der Waals surface area contributed by atoms with Crippen molar-refractivity contribution in [1.82, 2.24) is 0 Å². The van der Waals surface area contributed by atoms with Gasteiger partial charge in [0.05, 0.1) is 5.60 Å². The number of hydrogen-bond donors (Lipinski definition) is 0. The summed E-state index contributed by atoms with van der Waals surface area (Å²) in [6.07, 6.45) is 14.7. The molecular formula is C16H27ClO. The molecule has 0 radical (unpaired) electrons. The zero-order chi connectivity index (χ0) is 12.4. The second kappa shape index (κ2) is 5.71. The van der Waals surface area contributed by atoms with Crippen molar-refractivity contribution in [2.24, 2.45) is 11.8 Å². The number of alkyl halides is 1. The van der Waals surface area contributed by atoms with Gasteiger partial charge in [-0.2, -0.15) is 0 Å². The van der Waals surface area contributed by atoms with Crippen LogP contribution in [0.5, 0.6) is 0 Å². The quantitative estimate of drug-likeness (QED) is 0.615.